The number of anilines is 1. The smallest absolute Gasteiger partial charge is 0.292 e. The molecular weight excluding hydrogens is 264 g/mol. The maximum absolute atomic E-state index is 11.1. The Morgan fingerprint density at radius 3 is 2.84 bits per heavy atom. The third kappa shape index (κ3) is 3.19. The average Bonchev–Trinajstić information content (AvgIpc) is 2.36. The zero-order chi connectivity index (χ0) is 14.0. The molecule has 104 valence electrons. The molecule has 5 nitrogen and oxygen atoms in total. The fourth-order valence-corrected chi connectivity index (χ4v) is 3.41. The molecule has 0 spiro atoms. The highest BCUT2D eigenvalue weighted by atomic mass is 32.2. The third-order valence-electron chi connectivity index (χ3n) is 3.19. The van der Waals surface area contributed by atoms with Gasteiger partial charge in [0.15, 0.2) is 0 Å². The Morgan fingerprint density at radius 1 is 1.53 bits per heavy atom. The zero-order valence-electron chi connectivity index (χ0n) is 11.1. The molecular formula is C13H18N2O3S. The van der Waals surface area contributed by atoms with Crippen LogP contribution in [0.2, 0.25) is 0 Å². The summed E-state index contributed by atoms with van der Waals surface area (Å²) in [6.07, 6.45) is 0. The van der Waals surface area contributed by atoms with Gasteiger partial charge in [-0.3, -0.25) is 10.1 Å². The number of benzene rings is 1. The van der Waals surface area contributed by atoms with Crippen LogP contribution in [0.5, 0.6) is 0 Å². The van der Waals surface area contributed by atoms with Crippen molar-refractivity contribution >= 4 is 23.1 Å². The lowest BCUT2D eigenvalue weighted by Crippen LogP contribution is -2.43. The molecule has 1 heterocycles. The van der Waals surface area contributed by atoms with Gasteiger partial charge in [0.2, 0.25) is 0 Å². The van der Waals surface area contributed by atoms with Crippen molar-refractivity contribution in [3.8, 4) is 0 Å². The minimum absolute atomic E-state index is 0.0847. The topological polar surface area (TPSA) is 66.6 Å². The van der Waals surface area contributed by atoms with Gasteiger partial charge in [-0.25, -0.2) is 0 Å². The second kappa shape index (κ2) is 5.38. The average molecular weight is 282 g/mol. The number of nitro benzene ring substituents is 1. The van der Waals surface area contributed by atoms with Crippen LogP contribution in [0.3, 0.4) is 0 Å². The van der Waals surface area contributed by atoms with Gasteiger partial charge in [0, 0.05) is 29.7 Å². The molecule has 1 aromatic rings. The van der Waals surface area contributed by atoms with Crippen molar-refractivity contribution in [2.75, 3.05) is 23.7 Å². The van der Waals surface area contributed by atoms with Crippen molar-refractivity contribution in [1.29, 1.82) is 0 Å². The van der Waals surface area contributed by atoms with E-state index in [0.29, 0.717) is 11.3 Å². The van der Waals surface area contributed by atoms with Gasteiger partial charge in [-0.2, -0.15) is 11.8 Å². The lowest BCUT2D eigenvalue weighted by molar-refractivity contribution is -0.384. The van der Waals surface area contributed by atoms with Crippen LogP contribution in [0.4, 0.5) is 11.4 Å². The van der Waals surface area contributed by atoms with Crippen LogP contribution < -0.4 is 4.90 Å². The number of nitro groups is 1. The number of aliphatic hydroxyl groups excluding tert-OH is 1. The van der Waals surface area contributed by atoms with Crippen molar-refractivity contribution in [2.45, 2.75) is 25.2 Å². The monoisotopic (exact) mass is 282 g/mol. The van der Waals surface area contributed by atoms with Crippen LogP contribution in [-0.2, 0) is 6.61 Å². The molecule has 1 fully saturated rings. The summed E-state index contributed by atoms with van der Waals surface area (Å²) in [5, 5.41) is 20.3. The Balaban J connectivity index is 2.38. The van der Waals surface area contributed by atoms with E-state index in [1.165, 1.54) is 6.07 Å². The molecule has 19 heavy (non-hydrogen) atoms. The van der Waals surface area contributed by atoms with Crippen LogP contribution in [0.25, 0.3) is 0 Å². The molecule has 0 saturated carbocycles. The Kier molecular flexibility index (Phi) is 4.01. The fourth-order valence-electron chi connectivity index (χ4n) is 2.30. The number of aliphatic hydroxyl groups is 1. The Bertz CT molecular complexity index is 491. The first-order valence-electron chi connectivity index (χ1n) is 6.20. The summed E-state index contributed by atoms with van der Waals surface area (Å²) >= 11 is 1.88. The molecule has 0 bridgehead atoms. The maximum atomic E-state index is 11.1. The van der Waals surface area contributed by atoms with Gasteiger partial charge in [0.1, 0.15) is 5.69 Å². The number of rotatable bonds is 3. The van der Waals surface area contributed by atoms with Crippen LogP contribution >= 0.6 is 11.8 Å². The molecule has 1 saturated heterocycles. The number of thioether (sulfide) groups is 1. The Morgan fingerprint density at radius 2 is 2.26 bits per heavy atom. The summed E-state index contributed by atoms with van der Waals surface area (Å²) in [6, 6.07) is 4.81. The molecule has 0 radical (unpaired) electrons. The SMILES string of the molecule is CC1(C)CN(c2cc(CO)ccc2[N+](=O)[O-])CCS1. The van der Waals surface area contributed by atoms with Crippen molar-refractivity contribution in [3.05, 3.63) is 33.9 Å². The lowest BCUT2D eigenvalue weighted by Gasteiger charge is -2.38. The van der Waals surface area contributed by atoms with Gasteiger partial charge < -0.3 is 10.0 Å². The lowest BCUT2D eigenvalue weighted by atomic mass is 10.1. The van der Waals surface area contributed by atoms with E-state index in [-0.39, 0.29) is 22.0 Å². The first kappa shape index (κ1) is 14.1. The summed E-state index contributed by atoms with van der Waals surface area (Å²) in [4.78, 5) is 12.8. The van der Waals surface area contributed by atoms with E-state index in [1.807, 2.05) is 16.7 Å². The quantitative estimate of drug-likeness (QED) is 0.681. The molecule has 0 atom stereocenters. The van der Waals surface area contributed by atoms with E-state index >= 15 is 0 Å². The van der Waals surface area contributed by atoms with Crippen LogP contribution in [0.15, 0.2) is 18.2 Å². The van der Waals surface area contributed by atoms with E-state index < -0.39 is 0 Å². The van der Waals surface area contributed by atoms with E-state index in [0.717, 1.165) is 18.8 Å². The van der Waals surface area contributed by atoms with E-state index in [9.17, 15) is 15.2 Å². The zero-order valence-corrected chi connectivity index (χ0v) is 11.9. The predicted octanol–water partition coefficient (Wildman–Crippen LogP) is 2.42. The third-order valence-corrected chi connectivity index (χ3v) is 4.48. The highest BCUT2D eigenvalue weighted by Crippen LogP contribution is 2.36. The van der Waals surface area contributed by atoms with Crippen molar-refractivity contribution in [3.63, 3.8) is 0 Å². The maximum Gasteiger partial charge on any atom is 0.292 e. The molecule has 6 heteroatoms. The van der Waals surface area contributed by atoms with Gasteiger partial charge in [0.05, 0.1) is 11.5 Å². The Hall–Kier alpha value is -1.27. The molecule has 1 aromatic carbocycles. The molecule has 0 amide bonds. The molecule has 0 aromatic heterocycles. The van der Waals surface area contributed by atoms with Crippen LogP contribution in [0.1, 0.15) is 19.4 Å². The number of hydrogen-bond acceptors (Lipinski definition) is 5. The van der Waals surface area contributed by atoms with E-state index in [4.69, 9.17) is 0 Å². The summed E-state index contributed by atoms with van der Waals surface area (Å²) in [7, 11) is 0. The van der Waals surface area contributed by atoms with Crippen molar-refractivity contribution in [1.82, 2.24) is 0 Å². The number of nitrogens with zero attached hydrogens (tertiary/aromatic N) is 2. The highest BCUT2D eigenvalue weighted by Gasteiger charge is 2.30. The normalized spacial score (nSPS) is 18.4. The highest BCUT2D eigenvalue weighted by molar-refractivity contribution is 8.00. The summed E-state index contributed by atoms with van der Waals surface area (Å²) in [5.74, 6) is 0.952. The van der Waals surface area contributed by atoms with Gasteiger partial charge in [-0.1, -0.05) is 0 Å². The van der Waals surface area contributed by atoms with Crippen LogP contribution in [-0.4, -0.2) is 33.6 Å². The van der Waals surface area contributed by atoms with Crippen LogP contribution in [0, 0.1) is 10.1 Å². The second-order valence-corrected chi connectivity index (χ2v) is 7.07. The van der Waals surface area contributed by atoms with Crippen molar-refractivity contribution < 1.29 is 10.0 Å². The minimum Gasteiger partial charge on any atom is -0.392 e. The van der Waals surface area contributed by atoms with E-state index in [2.05, 4.69) is 13.8 Å². The summed E-state index contributed by atoms with van der Waals surface area (Å²) < 4.78 is 0.0847. The fraction of sp³-hybridized carbons (Fsp3) is 0.538. The molecule has 1 N–H and O–H groups in total. The number of hydrogen-bond donors (Lipinski definition) is 1. The molecule has 1 aliphatic rings. The first-order chi connectivity index (χ1) is 8.93. The molecule has 2 rings (SSSR count). The van der Waals surface area contributed by atoms with Gasteiger partial charge >= 0.3 is 0 Å². The summed E-state index contributed by atoms with van der Waals surface area (Å²) in [5.41, 5.74) is 1.43. The van der Waals surface area contributed by atoms with Gasteiger partial charge in [-0.05, 0) is 31.5 Å². The molecule has 0 aliphatic carbocycles. The first-order valence-corrected chi connectivity index (χ1v) is 7.18. The standard InChI is InChI=1S/C13H18N2O3S/c1-13(2)9-14(5-6-19-13)12-7-10(8-16)3-4-11(12)15(17)18/h3-4,7,16H,5-6,8-9H2,1-2H3. The van der Waals surface area contributed by atoms with Gasteiger partial charge in [-0.15, -0.1) is 0 Å². The largest absolute Gasteiger partial charge is 0.392 e. The summed E-state index contributed by atoms with van der Waals surface area (Å²) in [6.45, 7) is 5.76. The van der Waals surface area contributed by atoms with Gasteiger partial charge in [0.25, 0.3) is 5.69 Å². The predicted molar refractivity (Wildman–Crippen MR) is 77.8 cm³/mol. The molecule has 1 aliphatic heterocycles. The van der Waals surface area contributed by atoms with Crippen molar-refractivity contribution in [2.24, 2.45) is 0 Å². The van der Waals surface area contributed by atoms with E-state index in [1.54, 1.807) is 12.1 Å². The second-order valence-electron chi connectivity index (χ2n) is 5.27. The Labute approximate surface area is 116 Å². The molecule has 0 unspecified atom stereocenters. The minimum atomic E-state index is -0.356.